The lowest BCUT2D eigenvalue weighted by molar-refractivity contribution is -0.128. The van der Waals surface area contributed by atoms with Crippen LogP contribution in [0.5, 0.6) is 0 Å². The fraction of sp³-hybridized carbons (Fsp3) is 0.292. The van der Waals surface area contributed by atoms with Crippen LogP contribution in [-0.2, 0) is 16.0 Å². The van der Waals surface area contributed by atoms with Crippen LogP contribution >= 0.6 is 0 Å². The van der Waals surface area contributed by atoms with Crippen molar-refractivity contribution in [3.63, 3.8) is 0 Å². The molecule has 0 aliphatic carbocycles. The topological polar surface area (TPSA) is 149 Å². The Morgan fingerprint density at radius 2 is 1.62 bits per heavy atom. The predicted molar refractivity (Wildman–Crippen MR) is 127 cm³/mol. The smallest absolute Gasteiger partial charge is 0.247 e. The van der Waals surface area contributed by atoms with Crippen molar-refractivity contribution in [1.82, 2.24) is 10.3 Å². The molecule has 1 aromatic heterocycles. The fourth-order valence-corrected chi connectivity index (χ4v) is 3.46. The first-order valence-corrected chi connectivity index (χ1v) is 10.7. The molecule has 0 spiro atoms. The summed E-state index contributed by atoms with van der Waals surface area (Å²) in [6, 6.07) is 17.6. The van der Waals surface area contributed by atoms with Gasteiger partial charge in [0, 0.05) is 11.3 Å². The van der Waals surface area contributed by atoms with Crippen molar-refractivity contribution < 1.29 is 9.59 Å². The third-order valence-electron chi connectivity index (χ3n) is 5.47. The number of aromatic nitrogens is 1. The highest BCUT2D eigenvalue weighted by atomic mass is 16.2. The number of nitrogens with zero attached hydrogens (tertiary/aromatic N) is 1. The summed E-state index contributed by atoms with van der Waals surface area (Å²) in [6.07, 6.45) is 2.62. The van der Waals surface area contributed by atoms with Gasteiger partial charge in [0.15, 0.2) is 0 Å². The van der Waals surface area contributed by atoms with E-state index in [1.807, 2.05) is 60.7 Å². The fourth-order valence-electron chi connectivity index (χ4n) is 3.46. The molecule has 2 atom stereocenters. The molecule has 0 aliphatic heterocycles. The standard InChI is InChI=1S/C24H30N6O2/c25-13-18(14-26)22(27)24(32)30-21(11-10-16-6-2-1-3-7-16)23(31)29-19-12-17-8-4-5-9-20(17)28-15-19/h1-9,12,15,18,21-22H,10-11,13-14,25-27H2,(H,29,31)(H,30,32)/t21-,22-/m0/s1. The minimum absolute atomic E-state index is 0.189. The number of nitrogens with one attached hydrogen (secondary N) is 2. The Bertz CT molecular complexity index is 1040. The molecule has 2 amide bonds. The lowest BCUT2D eigenvalue weighted by atomic mass is 9.99. The summed E-state index contributed by atoms with van der Waals surface area (Å²) in [5, 5.41) is 6.56. The monoisotopic (exact) mass is 434 g/mol. The van der Waals surface area contributed by atoms with Crippen molar-refractivity contribution >= 4 is 28.4 Å². The summed E-state index contributed by atoms with van der Waals surface area (Å²) in [4.78, 5) is 30.2. The molecule has 0 fully saturated rings. The number of benzene rings is 2. The molecule has 0 bridgehead atoms. The average molecular weight is 435 g/mol. The maximum atomic E-state index is 13.1. The van der Waals surface area contributed by atoms with E-state index < -0.39 is 18.0 Å². The lowest BCUT2D eigenvalue weighted by Crippen LogP contribution is -2.54. The van der Waals surface area contributed by atoms with E-state index >= 15 is 0 Å². The van der Waals surface area contributed by atoms with Gasteiger partial charge >= 0.3 is 0 Å². The van der Waals surface area contributed by atoms with Gasteiger partial charge in [-0.1, -0.05) is 48.5 Å². The third-order valence-corrected chi connectivity index (χ3v) is 5.47. The number of para-hydroxylation sites is 1. The first-order chi connectivity index (χ1) is 15.5. The second kappa shape index (κ2) is 11.3. The van der Waals surface area contributed by atoms with Crippen molar-refractivity contribution in [3.8, 4) is 0 Å². The zero-order valence-corrected chi connectivity index (χ0v) is 17.9. The second-order valence-corrected chi connectivity index (χ2v) is 7.75. The molecule has 0 saturated carbocycles. The van der Waals surface area contributed by atoms with E-state index in [0.717, 1.165) is 16.5 Å². The quantitative estimate of drug-likeness (QED) is 0.323. The van der Waals surface area contributed by atoms with Crippen LogP contribution in [0.2, 0.25) is 0 Å². The summed E-state index contributed by atoms with van der Waals surface area (Å²) >= 11 is 0. The first kappa shape index (κ1) is 23.3. The lowest BCUT2D eigenvalue weighted by Gasteiger charge is -2.24. The van der Waals surface area contributed by atoms with Crippen LogP contribution in [0.1, 0.15) is 12.0 Å². The largest absolute Gasteiger partial charge is 0.343 e. The van der Waals surface area contributed by atoms with Crippen LogP contribution in [-0.4, -0.2) is 42.0 Å². The van der Waals surface area contributed by atoms with Gasteiger partial charge in [0.2, 0.25) is 11.8 Å². The van der Waals surface area contributed by atoms with Crippen molar-refractivity contribution in [2.75, 3.05) is 18.4 Å². The molecule has 0 saturated heterocycles. The SMILES string of the molecule is NCC(CN)[C@H](N)C(=O)N[C@@H](CCc1ccccc1)C(=O)Nc1cnc2ccccc2c1. The number of pyridine rings is 1. The van der Waals surface area contributed by atoms with Crippen LogP contribution in [0, 0.1) is 5.92 Å². The van der Waals surface area contributed by atoms with E-state index in [-0.39, 0.29) is 24.9 Å². The third kappa shape index (κ3) is 6.10. The van der Waals surface area contributed by atoms with E-state index in [1.165, 1.54) is 0 Å². The highest BCUT2D eigenvalue weighted by Crippen LogP contribution is 2.17. The van der Waals surface area contributed by atoms with Crippen molar-refractivity contribution in [2.24, 2.45) is 23.1 Å². The highest BCUT2D eigenvalue weighted by Gasteiger charge is 2.27. The van der Waals surface area contributed by atoms with Gasteiger partial charge in [-0.2, -0.15) is 0 Å². The molecular weight excluding hydrogens is 404 g/mol. The number of aryl methyl sites for hydroxylation is 1. The molecule has 3 aromatic rings. The van der Waals surface area contributed by atoms with E-state index in [1.54, 1.807) is 6.20 Å². The van der Waals surface area contributed by atoms with Crippen molar-refractivity contribution in [1.29, 1.82) is 0 Å². The zero-order valence-electron chi connectivity index (χ0n) is 17.9. The number of hydrogen-bond acceptors (Lipinski definition) is 6. The number of hydrogen-bond donors (Lipinski definition) is 5. The molecule has 32 heavy (non-hydrogen) atoms. The van der Waals surface area contributed by atoms with Crippen molar-refractivity contribution in [2.45, 2.75) is 24.9 Å². The van der Waals surface area contributed by atoms with E-state index in [4.69, 9.17) is 17.2 Å². The van der Waals surface area contributed by atoms with Gasteiger partial charge in [-0.05, 0) is 43.6 Å². The van der Waals surface area contributed by atoms with Crippen LogP contribution in [0.3, 0.4) is 0 Å². The first-order valence-electron chi connectivity index (χ1n) is 10.7. The Labute approximate surface area is 187 Å². The number of carbonyl (C=O) groups excluding carboxylic acids is 2. The minimum atomic E-state index is -0.889. The Kier molecular flexibility index (Phi) is 8.27. The molecule has 0 unspecified atom stereocenters. The van der Waals surface area contributed by atoms with Gasteiger partial charge in [0.05, 0.1) is 23.4 Å². The number of carbonyl (C=O) groups is 2. The highest BCUT2D eigenvalue weighted by molar-refractivity contribution is 5.99. The molecule has 0 aliphatic rings. The maximum absolute atomic E-state index is 13.1. The van der Waals surface area contributed by atoms with E-state index in [9.17, 15) is 9.59 Å². The zero-order chi connectivity index (χ0) is 22.9. The van der Waals surface area contributed by atoms with Gasteiger partial charge in [-0.15, -0.1) is 0 Å². The molecule has 1 heterocycles. The normalized spacial score (nSPS) is 13.0. The molecule has 8 N–H and O–H groups in total. The summed E-state index contributed by atoms with van der Waals surface area (Å²) in [7, 11) is 0. The van der Waals surface area contributed by atoms with Gasteiger partial charge in [0.25, 0.3) is 0 Å². The minimum Gasteiger partial charge on any atom is -0.343 e. The Morgan fingerprint density at radius 3 is 2.34 bits per heavy atom. The molecule has 8 heteroatoms. The summed E-state index contributed by atoms with van der Waals surface area (Å²) in [6.45, 7) is 0.378. The van der Waals surface area contributed by atoms with Crippen LogP contribution < -0.4 is 27.8 Å². The number of fused-ring (bicyclic) bond motifs is 1. The van der Waals surface area contributed by atoms with Gasteiger partial charge in [-0.25, -0.2) is 0 Å². The molecule has 2 aromatic carbocycles. The van der Waals surface area contributed by atoms with Crippen LogP contribution in [0.25, 0.3) is 10.9 Å². The van der Waals surface area contributed by atoms with Gasteiger partial charge < -0.3 is 27.8 Å². The maximum Gasteiger partial charge on any atom is 0.247 e. The molecule has 3 rings (SSSR count). The predicted octanol–water partition coefficient (Wildman–Crippen LogP) is 1.15. The Morgan fingerprint density at radius 1 is 0.938 bits per heavy atom. The number of anilines is 1. The molecule has 8 nitrogen and oxygen atoms in total. The molecule has 168 valence electrons. The van der Waals surface area contributed by atoms with Crippen LogP contribution in [0.4, 0.5) is 5.69 Å². The summed E-state index contributed by atoms with van der Waals surface area (Å²) in [5.41, 5.74) is 19.8. The van der Waals surface area contributed by atoms with Crippen LogP contribution in [0.15, 0.2) is 66.9 Å². The van der Waals surface area contributed by atoms with Crippen molar-refractivity contribution in [3.05, 3.63) is 72.4 Å². The number of rotatable bonds is 10. The second-order valence-electron chi connectivity index (χ2n) is 7.75. The van der Waals surface area contributed by atoms with E-state index in [2.05, 4.69) is 15.6 Å². The number of amides is 2. The molecular formula is C24H30N6O2. The van der Waals surface area contributed by atoms with Gasteiger partial charge in [-0.3, -0.25) is 14.6 Å². The number of nitrogens with two attached hydrogens (primary N) is 3. The Balaban J connectivity index is 1.74. The van der Waals surface area contributed by atoms with Gasteiger partial charge in [0.1, 0.15) is 6.04 Å². The Hall–Kier alpha value is -3.33. The average Bonchev–Trinajstić information content (AvgIpc) is 2.82. The summed E-state index contributed by atoms with van der Waals surface area (Å²) < 4.78 is 0. The van der Waals surface area contributed by atoms with E-state index in [0.29, 0.717) is 18.5 Å². The summed E-state index contributed by atoms with van der Waals surface area (Å²) in [5.74, 6) is -1.15. The molecule has 0 radical (unpaired) electrons.